The van der Waals surface area contributed by atoms with E-state index in [2.05, 4.69) is 18.2 Å². The number of amides is 1. The van der Waals surface area contributed by atoms with Gasteiger partial charge in [0.2, 0.25) is 0 Å². The minimum atomic E-state index is -1.22. The van der Waals surface area contributed by atoms with Crippen LogP contribution >= 0.6 is 0 Å². The highest BCUT2D eigenvalue weighted by atomic mass is 32.2. The molecule has 1 aliphatic heterocycles. The largest absolute Gasteiger partial charge is 0.591 e. The molecule has 0 bridgehead atoms. The average molecular weight is 345 g/mol. The van der Waals surface area contributed by atoms with E-state index in [1.54, 1.807) is 11.1 Å². The minimum Gasteiger partial charge on any atom is -0.591 e. The van der Waals surface area contributed by atoms with Crippen molar-refractivity contribution >= 4 is 23.7 Å². The fourth-order valence-corrected chi connectivity index (χ4v) is 3.14. The quantitative estimate of drug-likeness (QED) is 0.575. The lowest BCUT2D eigenvalue weighted by molar-refractivity contribution is 0.0131. The molecule has 0 spiro atoms. The number of likely N-dealkylation sites (tertiary alicyclic amines) is 1. The summed E-state index contributed by atoms with van der Waals surface area (Å²) in [6.45, 7) is 16.1. The van der Waals surface area contributed by atoms with Crippen LogP contribution in [0, 0.1) is 5.92 Å². The van der Waals surface area contributed by atoms with Gasteiger partial charge in [-0.3, -0.25) is 0 Å². The van der Waals surface area contributed by atoms with Crippen LogP contribution in [-0.4, -0.2) is 44.2 Å². The Bertz CT molecular complexity index is 450. The molecule has 2 atom stereocenters. The van der Waals surface area contributed by atoms with Crippen molar-refractivity contribution in [2.45, 2.75) is 84.1 Å². The Kier molecular flexibility index (Phi) is 6.19. The van der Waals surface area contributed by atoms with Gasteiger partial charge in [-0.1, -0.05) is 4.40 Å². The lowest BCUT2D eigenvalue weighted by Gasteiger charge is -2.33. The zero-order valence-electron chi connectivity index (χ0n) is 15.8. The van der Waals surface area contributed by atoms with E-state index in [1.807, 2.05) is 41.5 Å². The first-order valence-corrected chi connectivity index (χ1v) is 9.28. The summed E-state index contributed by atoms with van der Waals surface area (Å²) in [5.41, 5.74) is -0.722. The Morgan fingerprint density at radius 3 is 2.39 bits per heavy atom. The molecule has 1 fully saturated rings. The molecule has 0 aromatic rings. The van der Waals surface area contributed by atoms with Crippen LogP contribution in [0.4, 0.5) is 4.79 Å². The molecular formula is C17H32N2O3S. The van der Waals surface area contributed by atoms with E-state index in [0.717, 1.165) is 12.8 Å². The monoisotopic (exact) mass is 344 g/mol. The van der Waals surface area contributed by atoms with Crippen LogP contribution in [-0.2, 0) is 16.1 Å². The molecular weight excluding hydrogens is 312 g/mol. The van der Waals surface area contributed by atoms with Crippen LogP contribution in [0.3, 0.4) is 0 Å². The van der Waals surface area contributed by atoms with Crippen molar-refractivity contribution in [3.05, 3.63) is 0 Å². The zero-order valence-corrected chi connectivity index (χ0v) is 16.6. The first kappa shape index (κ1) is 20.3. The third-order valence-corrected chi connectivity index (χ3v) is 5.09. The third-order valence-electron chi connectivity index (χ3n) is 3.71. The fourth-order valence-electron chi connectivity index (χ4n) is 2.60. The summed E-state index contributed by atoms with van der Waals surface area (Å²) < 4.78 is 21.2. The van der Waals surface area contributed by atoms with Gasteiger partial charge in [-0.25, -0.2) is 4.79 Å². The second-order valence-corrected chi connectivity index (χ2v) is 10.8. The standard InChI is InChI=1S/C17H32N2O3S/c1-15(2,3)22-14(20)19-12-13(11-17(19,7)8)9-10-18-23(21)16(4,5)6/h10,13H,9,11-12H2,1-8H3/b18-10+. The molecule has 0 aromatic carbocycles. The molecule has 2 unspecified atom stereocenters. The zero-order chi connectivity index (χ0) is 18.1. The molecule has 1 aliphatic rings. The second kappa shape index (κ2) is 7.01. The van der Waals surface area contributed by atoms with Gasteiger partial charge in [0.25, 0.3) is 0 Å². The fraction of sp³-hybridized carbons (Fsp3) is 0.882. The molecule has 1 rings (SSSR count). The van der Waals surface area contributed by atoms with Crippen LogP contribution in [0.5, 0.6) is 0 Å². The molecule has 134 valence electrons. The van der Waals surface area contributed by atoms with E-state index in [4.69, 9.17) is 4.74 Å². The smallest absolute Gasteiger partial charge is 0.410 e. The van der Waals surface area contributed by atoms with E-state index in [0.29, 0.717) is 12.5 Å². The van der Waals surface area contributed by atoms with Crippen LogP contribution < -0.4 is 0 Å². The second-order valence-electron chi connectivity index (χ2n) is 8.86. The first-order valence-electron chi connectivity index (χ1n) is 8.17. The van der Waals surface area contributed by atoms with E-state index in [9.17, 15) is 9.35 Å². The molecule has 0 radical (unpaired) electrons. The topological polar surface area (TPSA) is 65.0 Å². The highest BCUT2D eigenvalue weighted by Gasteiger charge is 2.42. The number of hydrogen-bond donors (Lipinski definition) is 0. The van der Waals surface area contributed by atoms with Gasteiger partial charge in [-0.05, 0) is 74.1 Å². The number of nitrogens with zero attached hydrogens (tertiary/aromatic N) is 2. The highest BCUT2D eigenvalue weighted by molar-refractivity contribution is 7.91. The molecule has 1 saturated heterocycles. The number of hydrogen-bond acceptors (Lipinski definition) is 4. The van der Waals surface area contributed by atoms with Gasteiger partial charge >= 0.3 is 6.09 Å². The van der Waals surface area contributed by atoms with Gasteiger partial charge in [-0.15, -0.1) is 0 Å². The van der Waals surface area contributed by atoms with Crippen LogP contribution in [0.1, 0.15) is 68.2 Å². The van der Waals surface area contributed by atoms with Crippen LogP contribution in [0.15, 0.2) is 4.40 Å². The van der Waals surface area contributed by atoms with Crippen molar-refractivity contribution in [1.82, 2.24) is 4.90 Å². The van der Waals surface area contributed by atoms with Crippen LogP contribution in [0.2, 0.25) is 0 Å². The molecule has 1 heterocycles. The number of ether oxygens (including phenoxy) is 1. The lowest BCUT2D eigenvalue weighted by atomic mass is 9.95. The number of carbonyl (C=O) groups excluding carboxylic acids is 1. The average Bonchev–Trinajstić information content (AvgIpc) is 2.60. The van der Waals surface area contributed by atoms with Gasteiger partial charge < -0.3 is 14.2 Å². The van der Waals surface area contributed by atoms with E-state index in [-0.39, 0.29) is 16.4 Å². The Balaban J connectivity index is 2.63. The Labute approximate surface area is 144 Å². The van der Waals surface area contributed by atoms with E-state index < -0.39 is 17.0 Å². The lowest BCUT2D eigenvalue weighted by Crippen LogP contribution is -2.45. The molecule has 0 N–H and O–H groups in total. The predicted octanol–water partition coefficient (Wildman–Crippen LogP) is 3.95. The van der Waals surface area contributed by atoms with Crippen molar-refractivity contribution in [3.63, 3.8) is 0 Å². The molecule has 6 heteroatoms. The first-order chi connectivity index (χ1) is 10.2. The van der Waals surface area contributed by atoms with Crippen molar-refractivity contribution < 1.29 is 14.1 Å². The summed E-state index contributed by atoms with van der Waals surface area (Å²) in [5.74, 6) is 0.318. The van der Waals surface area contributed by atoms with Crippen molar-refractivity contribution in [2.75, 3.05) is 6.54 Å². The summed E-state index contributed by atoms with van der Waals surface area (Å²) in [5, 5.41) is 0. The third kappa shape index (κ3) is 6.34. The number of carbonyl (C=O) groups is 1. The Morgan fingerprint density at radius 1 is 1.35 bits per heavy atom. The van der Waals surface area contributed by atoms with Crippen molar-refractivity contribution in [1.29, 1.82) is 0 Å². The Morgan fingerprint density at radius 2 is 1.91 bits per heavy atom. The normalized spacial score (nSPS) is 23.3. The summed E-state index contributed by atoms with van der Waals surface area (Å²) in [6, 6.07) is 0. The van der Waals surface area contributed by atoms with Gasteiger partial charge in [0.15, 0.2) is 0 Å². The summed E-state index contributed by atoms with van der Waals surface area (Å²) in [6.07, 6.45) is 3.10. The summed E-state index contributed by atoms with van der Waals surface area (Å²) in [7, 11) is 0. The van der Waals surface area contributed by atoms with Crippen molar-refractivity contribution in [2.24, 2.45) is 10.3 Å². The minimum absolute atomic E-state index is 0.232. The van der Waals surface area contributed by atoms with Crippen molar-refractivity contribution in [3.8, 4) is 0 Å². The molecule has 0 aromatic heterocycles. The highest BCUT2D eigenvalue weighted by Crippen LogP contribution is 2.35. The predicted molar refractivity (Wildman–Crippen MR) is 96.1 cm³/mol. The maximum Gasteiger partial charge on any atom is 0.410 e. The van der Waals surface area contributed by atoms with Gasteiger partial charge in [-0.2, -0.15) is 0 Å². The van der Waals surface area contributed by atoms with Gasteiger partial charge in [0.05, 0.1) is 6.21 Å². The molecule has 1 amide bonds. The SMILES string of the molecule is CC(C)(C)OC(=O)N1CC(C/C=N/[S+]([O-])C(C)(C)C)CC1(C)C. The van der Waals surface area contributed by atoms with Gasteiger partial charge in [0, 0.05) is 12.1 Å². The maximum absolute atomic E-state index is 12.4. The molecule has 5 nitrogen and oxygen atoms in total. The number of rotatable bonds is 3. The molecule has 0 aliphatic carbocycles. The Hall–Kier alpha value is -0.750. The summed E-state index contributed by atoms with van der Waals surface area (Å²) >= 11 is -1.22. The van der Waals surface area contributed by atoms with E-state index in [1.165, 1.54) is 0 Å². The van der Waals surface area contributed by atoms with Gasteiger partial charge in [0.1, 0.15) is 21.7 Å². The van der Waals surface area contributed by atoms with E-state index >= 15 is 0 Å². The maximum atomic E-state index is 12.4. The molecule has 0 saturated carbocycles. The van der Waals surface area contributed by atoms with Crippen LogP contribution in [0.25, 0.3) is 0 Å². The summed E-state index contributed by atoms with van der Waals surface area (Å²) in [4.78, 5) is 14.2. The molecule has 23 heavy (non-hydrogen) atoms.